The van der Waals surface area contributed by atoms with Crippen molar-refractivity contribution >= 4 is 41.7 Å². The molecule has 0 fully saturated rings. The van der Waals surface area contributed by atoms with Gasteiger partial charge in [-0.05, 0) is 38.5 Å². The van der Waals surface area contributed by atoms with Crippen molar-refractivity contribution in [1.82, 2.24) is 14.9 Å². The molecule has 8 heteroatoms. The number of rotatable bonds is 6. The van der Waals surface area contributed by atoms with Crippen molar-refractivity contribution in [3.63, 3.8) is 0 Å². The van der Waals surface area contributed by atoms with Gasteiger partial charge in [-0.25, -0.2) is 0 Å². The molecule has 0 atom stereocenters. The van der Waals surface area contributed by atoms with Gasteiger partial charge in [-0.1, -0.05) is 23.1 Å². The molecule has 2 heterocycles. The Kier molecular flexibility index (Phi) is 6.20. The number of hydrogen-bond donors (Lipinski definition) is 2. The number of ether oxygens (including phenoxy) is 1. The maximum atomic E-state index is 13.0. The second-order valence-corrected chi connectivity index (χ2v) is 7.99. The van der Waals surface area contributed by atoms with E-state index in [0.29, 0.717) is 22.8 Å². The van der Waals surface area contributed by atoms with Gasteiger partial charge < -0.3 is 19.6 Å². The van der Waals surface area contributed by atoms with E-state index in [1.807, 2.05) is 39.2 Å². The number of carbonyl (C=O) groups excluding carboxylic acids is 1. The van der Waals surface area contributed by atoms with Gasteiger partial charge in [0.2, 0.25) is 0 Å². The molecular weight excluding hydrogens is 389 g/mol. The van der Waals surface area contributed by atoms with Gasteiger partial charge in [0.15, 0.2) is 0 Å². The Bertz CT molecular complexity index is 1130. The van der Waals surface area contributed by atoms with E-state index in [9.17, 15) is 9.59 Å². The van der Waals surface area contributed by atoms with Crippen molar-refractivity contribution in [2.24, 2.45) is 0 Å². The summed E-state index contributed by atoms with van der Waals surface area (Å²) in [7, 11) is 3.52. The van der Waals surface area contributed by atoms with Crippen LogP contribution in [0.2, 0.25) is 5.02 Å². The van der Waals surface area contributed by atoms with Crippen molar-refractivity contribution in [2.45, 2.75) is 40.0 Å². The van der Waals surface area contributed by atoms with E-state index in [4.69, 9.17) is 16.3 Å². The van der Waals surface area contributed by atoms with E-state index in [1.165, 1.54) is 0 Å². The number of hydrogen-bond acceptors (Lipinski definition) is 3. The highest BCUT2D eigenvalue weighted by Gasteiger charge is 2.19. The van der Waals surface area contributed by atoms with Crippen molar-refractivity contribution < 1.29 is 9.53 Å². The third-order valence-electron chi connectivity index (χ3n) is 4.92. The van der Waals surface area contributed by atoms with Crippen molar-refractivity contribution in [3.8, 4) is 0 Å². The number of nitrogens with one attached hydrogen (secondary N) is 2. The first-order valence-electron chi connectivity index (χ1n) is 9.52. The van der Waals surface area contributed by atoms with Gasteiger partial charge in [-0.15, -0.1) is 0 Å². The first-order valence-corrected chi connectivity index (χ1v) is 9.90. The van der Waals surface area contributed by atoms with Gasteiger partial charge in [0.25, 0.3) is 11.5 Å². The van der Waals surface area contributed by atoms with E-state index in [-0.39, 0.29) is 24.1 Å². The van der Waals surface area contributed by atoms with Crippen LogP contribution in [0.15, 0.2) is 29.2 Å². The van der Waals surface area contributed by atoms with E-state index < -0.39 is 0 Å². The number of amides is 1. The van der Waals surface area contributed by atoms with Crippen LogP contribution in [0.25, 0.3) is 10.9 Å². The molecule has 1 amide bonds. The summed E-state index contributed by atoms with van der Waals surface area (Å²) in [4.78, 5) is 28.2. The Hall–Kier alpha value is -2.51. The van der Waals surface area contributed by atoms with Crippen molar-refractivity contribution in [1.29, 1.82) is 0 Å². The molecule has 0 saturated heterocycles. The molecule has 152 valence electrons. The zero-order chi connectivity index (χ0) is 21.3. The summed E-state index contributed by atoms with van der Waals surface area (Å²) in [5.41, 5.74) is 4.15. The Balaban J connectivity index is 1.97. The molecule has 0 aliphatic heterocycles. The van der Waals surface area contributed by atoms with Crippen LogP contribution in [0, 0.1) is 6.92 Å². The number of carbonyl (C=O) groups is 1. The van der Waals surface area contributed by atoms with Gasteiger partial charge in [-0.3, -0.25) is 9.59 Å². The maximum Gasteiger partial charge on any atom is 0.253 e. The molecule has 29 heavy (non-hydrogen) atoms. The summed E-state index contributed by atoms with van der Waals surface area (Å²) in [5.74, 6) is -0.273. The summed E-state index contributed by atoms with van der Waals surface area (Å²) < 4.78 is 7.26. The number of methoxy groups -OCH3 is 1. The van der Waals surface area contributed by atoms with Crippen LogP contribution in [-0.4, -0.2) is 30.4 Å². The quantitative estimate of drug-likeness (QED) is 0.608. The zero-order valence-corrected chi connectivity index (χ0v) is 18.1. The summed E-state index contributed by atoms with van der Waals surface area (Å²) in [5, 5.41) is 4.13. The number of pyridine rings is 1. The molecule has 1 aromatic carbocycles. The molecule has 2 aromatic heterocycles. The lowest BCUT2D eigenvalue weighted by Crippen LogP contribution is -2.29. The van der Waals surface area contributed by atoms with Crippen LogP contribution in [0.3, 0.4) is 0 Å². The fourth-order valence-corrected chi connectivity index (χ4v) is 3.92. The molecule has 3 aromatic rings. The molecule has 2 N–H and O–H groups in total. The summed E-state index contributed by atoms with van der Waals surface area (Å²) in [6, 6.07) is 5.92. The largest absolute Gasteiger partial charge is 0.380 e. The molecule has 0 radical (unpaired) electrons. The van der Waals surface area contributed by atoms with Crippen LogP contribution in [-0.2, 0) is 17.9 Å². The highest BCUT2D eigenvalue weighted by molar-refractivity contribution is 6.39. The van der Waals surface area contributed by atoms with Gasteiger partial charge >= 0.3 is 0 Å². The molecule has 0 unspecified atom stereocenters. The predicted molar refractivity (Wildman–Crippen MR) is 119 cm³/mol. The second kappa shape index (κ2) is 8.47. The van der Waals surface area contributed by atoms with E-state index in [0.717, 1.165) is 27.6 Å². The lowest BCUT2D eigenvalue weighted by molar-refractivity contribution is 0.0952. The number of nitrogens with zero attached hydrogens (tertiary/aromatic N) is 1. The minimum absolute atomic E-state index is 0.102. The average Bonchev–Trinajstić information content (AvgIpc) is 2.97. The van der Waals surface area contributed by atoms with E-state index in [2.05, 4.69) is 28.7 Å². The maximum absolute atomic E-state index is 13.0. The SMILES string of the molecule is Bc1cc(C(=O)NCc2c(COC)cc(C)[nH]c2=O)c2c(Cl)cn(C(C)C)c2c1. The molecule has 3 rings (SSSR count). The van der Waals surface area contributed by atoms with Crippen molar-refractivity contribution in [3.05, 3.63) is 62.2 Å². The summed E-state index contributed by atoms with van der Waals surface area (Å²) in [6.45, 7) is 6.35. The molecule has 0 spiro atoms. The number of fused-ring (bicyclic) bond motifs is 1. The Morgan fingerprint density at radius 1 is 1.34 bits per heavy atom. The van der Waals surface area contributed by atoms with Gasteiger partial charge in [0, 0.05) is 48.1 Å². The first-order chi connectivity index (χ1) is 13.7. The standard InChI is InChI=1S/C21H25BClN3O3/c1-11(2)26-9-17(23)19-15(6-14(22)7-18(19)26)20(27)24-8-16-13(10-29-4)5-12(3)25-21(16)28/h5-7,9,11H,8,10,22H2,1-4H3,(H,24,27)(H,25,28). The average molecular weight is 414 g/mol. The lowest BCUT2D eigenvalue weighted by atomic mass is 9.92. The molecular formula is C21H25BClN3O3. The van der Waals surface area contributed by atoms with Crippen LogP contribution in [0.1, 0.15) is 47.1 Å². The first kappa shape index (κ1) is 21.2. The van der Waals surface area contributed by atoms with Gasteiger partial charge in [-0.2, -0.15) is 0 Å². The van der Waals surface area contributed by atoms with Gasteiger partial charge in [0.05, 0.1) is 17.1 Å². The minimum atomic E-state index is -0.273. The number of aromatic amines is 1. The van der Waals surface area contributed by atoms with Gasteiger partial charge in [0.1, 0.15) is 7.85 Å². The third kappa shape index (κ3) is 4.26. The fourth-order valence-electron chi connectivity index (χ4n) is 3.61. The number of aryl methyl sites for hydroxylation is 1. The van der Waals surface area contributed by atoms with Crippen LogP contribution in [0.5, 0.6) is 0 Å². The van der Waals surface area contributed by atoms with Crippen LogP contribution >= 0.6 is 11.6 Å². The smallest absolute Gasteiger partial charge is 0.253 e. The fraction of sp³-hybridized carbons (Fsp3) is 0.333. The van der Waals surface area contributed by atoms with Crippen molar-refractivity contribution in [2.75, 3.05) is 7.11 Å². The number of H-pyrrole nitrogens is 1. The minimum Gasteiger partial charge on any atom is -0.380 e. The molecule has 6 nitrogen and oxygen atoms in total. The highest BCUT2D eigenvalue weighted by atomic mass is 35.5. The van der Waals surface area contributed by atoms with E-state index in [1.54, 1.807) is 7.11 Å². The topological polar surface area (TPSA) is 76.1 Å². The Morgan fingerprint density at radius 3 is 2.72 bits per heavy atom. The molecule has 0 saturated carbocycles. The Morgan fingerprint density at radius 2 is 2.07 bits per heavy atom. The molecule has 0 aliphatic rings. The third-order valence-corrected chi connectivity index (χ3v) is 5.21. The normalized spacial score (nSPS) is 11.4. The molecule has 0 aliphatic carbocycles. The number of aromatic nitrogens is 2. The highest BCUT2D eigenvalue weighted by Crippen LogP contribution is 2.30. The van der Waals surface area contributed by atoms with Crippen LogP contribution in [0.4, 0.5) is 0 Å². The Labute approximate surface area is 175 Å². The summed E-state index contributed by atoms with van der Waals surface area (Å²) in [6.07, 6.45) is 1.86. The zero-order valence-electron chi connectivity index (χ0n) is 17.4. The summed E-state index contributed by atoms with van der Waals surface area (Å²) >= 11 is 6.48. The predicted octanol–water partition coefficient (Wildman–Crippen LogP) is 2.21. The number of benzene rings is 1. The molecule has 0 bridgehead atoms. The number of halogens is 1. The van der Waals surface area contributed by atoms with E-state index >= 15 is 0 Å². The monoisotopic (exact) mass is 413 g/mol. The van der Waals surface area contributed by atoms with Crippen LogP contribution < -0.4 is 16.3 Å². The lowest BCUT2D eigenvalue weighted by Gasteiger charge is -2.13. The second-order valence-electron chi connectivity index (χ2n) is 7.59.